The van der Waals surface area contributed by atoms with Crippen molar-refractivity contribution in [2.45, 2.75) is 12.2 Å². The summed E-state index contributed by atoms with van der Waals surface area (Å²) in [6.07, 6.45) is -1.07. The molecule has 13 heavy (non-hydrogen) atoms. The van der Waals surface area contributed by atoms with Crippen LogP contribution < -0.4 is 0 Å². The van der Waals surface area contributed by atoms with Gasteiger partial charge >= 0.3 is 0 Å². The summed E-state index contributed by atoms with van der Waals surface area (Å²) in [5, 5.41) is 18.5. The lowest BCUT2D eigenvalue weighted by Crippen LogP contribution is -2.21. The van der Waals surface area contributed by atoms with Crippen LogP contribution in [0.25, 0.3) is 0 Å². The van der Waals surface area contributed by atoms with E-state index >= 15 is 0 Å². The number of pyridine rings is 1. The van der Waals surface area contributed by atoms with Crippen LogP contribution in [0.4, 0.5) is 4.39 Å². The van der Waals surface area contributed by atoms with Crippen LogP contribution in [-0.2, 0) is 0 Å². The Labute approximate surface area is 80.7 Å². The predicted molar refractivity (Wildman–Crippen MR) is 49.0 cm³/mol. The second kappa shape index (κ2) is 4.55. The second-order valence-corrected chi connectivity index (χ2v) is 2.93. The minimum absolute atomic E-state index is 0.0528. The van der Waals surface area contributed by atoms with E-state index in [1.54, 1.807) is 0 Å². The van der Waals surface area contributed by atoms with Crippen LogP contribution in [0, 0.1) is 5.82 Å². The highest BCUT2D eigenvalue weighted by atomic mass is 32.1. The van der Waals surface area contributed by atoms with Crippen molar-refractivity contribution in [1.29, 1.82) is 0 Å². The van der Waals surface area contributed by atoms with Crippen molar-refractivity contribution in [2.24, 2.45) is 0 Å². The second-order valence-electron chi connectivity index (χ2n) is 2.57. The molecule has 0 fully saturated rings. The Bertz CT molecular complexity index is 285. The molecule has 3 nitrogen and oxygen atoms in total. The average molecular weight is 203 g/mol. The summed E-state index contributed by atoms with van der Waals surface area (Å²) in [4.78, 5) is 3.63. The average Bonchev–Trinajstić information content (AvgIpc) is 2.16. The van der Waals surface area contributed by atoms with Gasteiger partial charge in [-0.1, -0.05) is 0 Å². The molecule has 0 saturated heterocycles. The minimum atomic E-state index is -1.32. The van der Waals surface area contributed by atoms with Gasteiger partial charge in [-0.3, -0.25) is 4.98 Å². The highest BCUT2D eigenvalue weighted by Gasteiger charge is 2.21. The number of halogens is 1. The molecule has 5 heteroatoms. The maximum absolute atomic E-state index is 13.0. The van der Waals surface area contributed by atoms with Crippen molar-refractivity contribution < 1.29 is 14.6 Å². The first kappa shape index (κ1) is 10.4. The summed E-state index contributed by atoms with van der Waals surface area (Å²) in [5.74, 6) is -0.576. The highest BCUT2D eigenvalue weighted by molar-refractivity contribution is 7.80. The zero-order valence-corrected chi connectivity index (χ0v) is 7.66. The Morgan fingerprint density at radius 3 is 2.77 bits per heavy atom. The lowest BCUT2D eigenvalue weighted by molar-refractivity contribution is 0.0285. The van der Waals surface area contributed by atoms with E-state index in [1.165, 1.54) is 18.3 Å². The molecule has 0 amide bonds. The van der Waals surface area contributed by atoms with Gasteiger partial charge in [0.1, 0.15) is 17.6 Å². The van der Waals surface area contributed by atoms with E-state index in [-0.39, 0.29) is 11.4 Å². The van der Waals surface area contributed by atoms with Crippen LogP contribution in [0.15, 0.2) is 18.3 Å². The quantitative estimate of drug-likeness (QED) is 0.629. The predicted octanol–water partition coefficient (Wildman–Crippen LogP) is 0.545. The van der Waals surface area contributed by atoms with Crippen LogP contribution in [-0.4, -0.2) is 27.1 Å². The molecule has 0 aliphatic heterocycles. The van der Waals surface area contributed by atoms with E-state index in [4.69, 9.17) is 0 Å². The number of rotatable bonds is 3. The Balaban J connectivity index is 2.88. The van der Waals surface area contributed by atoms with Crippen LogP contribution in [0.2, 0.25) is 0 Å². The zero-order valence-electron chi connectivity index (χ0n) is 6.76. The molecule has 0 aliphatic rings. The Kier molecular flexibility index (Phi) is 3.65. The fraction of sp³-hybridized carbons (Fsp3) is 0.375. The van der Waals surface area contributed by atoms with Gasteiger partial charge in [0.15, 0.2) is 0 Å². The first-order valence-corrected chi connectivity index (χ1v) is 4.37. The normalized spacial score (nSPS) is 15.4. The Hall–Kier alpha value is -0.650. The van der Waals surface area contributed by atoms with Crippen LogP contribution in [0.1, 0.15) is 11.8 Å². The number of aromatic nitrogens is 1. The van der Waals surface area contributed by atoms with Crippen molar-refractivity contribution >= 4 is 12.6 Å². The van der Waals surface area contributed by atoms with E-state index in [2.05, 4.69) is 17.6 Å². The highest BCUT2D eigenvalue weighted by Crippen LogP contribution is 2.17. The lowest BCUT2D eigenvalue weighted by Gasteiger charge is -2.15. The summed E-state index contributed by atoms with van der Waals surface area (Å²) in [7, 11) is 0. The maximum atomic E-state index is 13.0. The van der Waals surface area contributed by atoms with Crippen molar-refractivity contribution in [2.75, 3.05) is 5.75 Å². The molecule has 0 saturated carbocycles. The number of hydrogen-bond donors (Lipinski definition) is 3. The van der Waals surface area contributed by atoms with Crippen molar-refractivity contribution in [3.8, 4) is 0 Å². The standard InChI is InChI=1S/C8H10FNO2S/c9-5-2-1-3-10-7(5)8(12)6(11)4-13/h1-3,6,8,11-13H,4H2. The Morgan fingerprint density at radius 1 is 1.54 bits per heavy atom. The lowest BCUT2D eigenvalue weighted by atomic mass is 10.1. The molecule has 1 heterocycles. The minimum Gasteiger partial charge on any atom is -0.389 e. The number of aliphatic hydroxyl groups is 2. The Morgan fingerprint density at radius 2 is 2.23 bits per heavy atom. The first-order valence-electron chi connectivity index (χ1n) is 3.74. The zero-order chi connectivity index (χ0) is 9.84. The summed E-state index contributed by atoms with van der Waals surface area (Å²) in [5.41, 5.74) is -0.149. The molecular formula is C8H10FNO2S. The maximum Gasteiger partial charge on any atom is 0.147 e. The van der Waals surface area contributed by atoms with Crippen molar-refractivity contribution in [3.05, 3.63) is 29.8 Å². The topological polar surface area (TPSA) is 53.4 Å². The van der Waals surface area contributed by atoms with E-state index < -0.39 is 18.0 Å². The van der Waals surface area contributed by atoms with Gasteiger partial charge in [0.25, 0.3) is 0 Å². The van der Waals surface area contributed by atoms with Gasteiger partial charge < -0.3 is 10.2 Å². The molecule has 2 unspecified atom stereocenters. The third kappa shape index (κ3) is 2.40. The summed E-state index contributed by atoms with van der Waals surface area (Å²) in [6.45, 7) is 0. The molecule has 0 radical (unpaired) electrons. The summed E-state index contributed by atoms with van der Waals surface area (Å²) in [6, 6.07) is 2.59. The van der Waals surface area contributed by atoms with Gasteiger partial charge in [-0.15, -0.1) is 0 Å². The fourth-order valence-corrected chi connectivity index (χ4v) is 1.10. The third-order valence-corrected chi connectivity index (χ3v) is 1.99. The van der Waals surface area contributed by atoms with Gasteiger partial charge in [-0.25, -0.2) is 4.39 Å². The molecule has 0 spiro atoms. The molecule has 72 valence electrons. The number of aliphatic hydroxyl groups excluding tert-OH is 2. The first-order chi connectivity index (χ1) is 6.16. The van der Waals surface area contributed by atoms with Gasteiger partial charge in [0.2, 0.25) is 0 Å². The SMILES string of the molecule is OC(CS)C(O)c1ncccc1F. The molecule has 1 aromatic heterocycles. The van der Waals surface area contributed by atoms with E-state index in [0.29, 0.717) is 0 Å². The molecule has 0 bridgehead atoms. The number of nitrogens with zero attached hydrogens (tertiary/aromatic N) is 1. The van der Waals surface area contributed by atoms with Crippen molar-refractivity contribution in [1.82, 2.24) is 4.98 Å². The largest absolute Gasteiger partial charge is 0.389 e. The monoisotopic (exact) mass is 203 g/mol. The van der Waals surface area contributed by atoms with E-state index in [1.807, 2.05) is 0 Å². The fourth-order valence-electron chi connectivity index (χ4n) is 0.898. The third-order valence-electron chi connectivity index (χ3n) is 1.62. The van der Waals surface area contributed by atoms with Gasteiger partial charge in [0.05, 0.1) is 6.10 Å². The molecular weight excluding hydrogens is 193 g/mol. The van der Waals surface area contributed by atoms with Crippen LogP contribution >= 0.6 is 12.6 Å². The smallest absolute Gasteiger partial charge is 0.147 e. The van der Waals surface area contributed by atoms with Crippen LogP contribution in [0.3, 0.4) is 0 Å². The number of thiol groups is 1. The van der Waals surface area contributed by atoms with Gasteiger partial charge in [-0.05, 0) is 12.1 Å². The molecule has 1 rings (SSSR count). The number of hydrogen-bond acceptors (Lipinski definition) is 4. The molecule has 2 N–H and O–H groups in total. The van der Waals surface area contributed by atoms with E-state index in [0.717, 1.165) is 0 Å². The molecule has 2 atom stereocenters. The molecule has 0 aliphatic carbocycles. The summed E-state index contributed by atoms with van der Waals surface area (Å²) < 4.78 is 13.0. The van der Waals surface area contributed by atoms with Crippen molar-refractivity contribution in [3.63, 3.8) is 0 Å². The summed E-state index contributed by atoms with van der Waals surface area (Å²) >= 11 is 3.78. The van der Waals surface area contributed by atoms with Crippen LogP contribution in [0.5, 0.6) is 0 Å². The van der Waals surface area contributed by atoms with E-state index in [9.17, 15) is 14.6 Å². The molecule has 0 aromatic carbocycles. The van der Waals surface area contributed by atoms with Gasteiger partial charge in [0, 0.05) is 11.9 Å². The van der Waals surface area contributed by atoms with Gasteiger partial charge in [-0.2, -0.15) is 12.6 Å². The molecule has 1 aromatic rings.